The molecule has 0 aliphatic carbocycles. The Labute approximate surface area is 385 Å². The molecule has 6 heteroatoms. The lowest BCUT2D eigenvalue weighted by atomic mass is 10.0. The van der Waals surface area contributed by atoms with E-state index in [2.05, 4.69) is 55.6 Å². The van der Waals surface area contributed by atoms with Crippen molar-refractivity contribution in [2.24, 2.45) is 0 Å². The summed E-state index contributed by atoms with van der Waals surface area (Å²) in [6.07, 6.45) is 64.0. The molecule has 1 amide bonds. The number of carbonyl (C=O) groups excluding carboxylic acids is 2. The average molecular weight is 870 g/mol. The van der Waals surface area contributed by atoms with Crippen molar-refractivity contribution in [3.8, 4) is 0 Å². The predicted molar refractivity (Wildman–Crippen MR) is 269 cm³/mol. The highest BCUT2D eigenvalue weighted by atomic mass is 16.5. The molecule has 6 nitrogen and oxygen atoms in total. The molecule has 0 spiro atoms. The van der Waals surface area contributed by atoms with Crippen LogP contribution in [0.2, 0.25) is 0 Å². The molecule has 0 bridgehead atoms. The Morgan fingerprint density at radius 1 is 0.452 bits per heavy atom. The molecule has 0 aromatic heterocycles. The van der Waals surface area contributed by atoms with Crippen LogP contribution in [0.1, 0.15) is 271 Å². The van der Waals surface area contributed by atoms with Crippen LogP contribution in [0.25, 0.3) is 0 Å². The monoisotopic (exact) mass is 870 g/mol. The van der Waals surface area contributed by atoms with E-state index in [1.807, 2.05) is 6.08 Å². The van der Waals surface area contributed by atoms with Gasteiger partial charge in [0.15, 0.2) is 0 Å². The first-order valence-electron chi connectivity index (χ1n) is 26.9. The Hall–Kier alpha value is -2.18. The molecule has 0 rings (SSSR count). The number of nitrogens with one attached hydrogen (secondary N) is 1. The summed E-state index contributed by atoms with van der Waals surface area (Å²) >= 11 is 0. The van der Waals surface area contributed by atoms with Gasteiger partial charge in [0.2, 0.25) is 5.91 Å². The molecule has 0 radical (unpaired) electrons. The molecule has 2 atom stereocenters. The number of ether oxygens (including phenoxy) is 1. The molecule has 0 saturated carbocycles. The van der Waals surface area contributed by atoms with E-state index in [0.29, 0.717) is 19.4 Å². The minimum Gasteiger partial charge on any atom is -0.466 e. The number of allylic oxidation sites excluding steroid dienone is 7. The largest absolute Gasteiger partial charge is 0.466 e. The zero-order chi connectivity index (χ0) is 45.1. The van der Waals surface area contributed by atoms with Gasteiger partial charge in [-0.25, -0.2) is 0 Å². The standard InChI is InChI=1S/C56H103NO5/c1-3-5-7-9-11-13-15-17-19-21-23-25-27-29-34-38-42-46-50-56(61)62-51-47-43-39-35-31-30-33-37-41-45-49-55(60)57-53(52-58)54(59)48-44-40-36-32-28-26-24-22-20-18-16-14-12-10-8-6-4-2/h13,15,19,21,31,35,44,48,53-54,58-59H,3-12,14,16-18,20,22-30,32-34,36-43,45-47,49-52H2,1-2H3,(H,57,60)/b15-13-,21-19-,35-31-,48-44+. The van der Waals surface area contributed by atoms with Crippen LogP contribution in [0.5, 0.6) is 0 Å². The van der Waals surface area contributed by atoms with Gasteiger partial charge in [-0.15, -0.1) is 0 Å². The fraction of sp³-hybridized carbons (Fsp3) is 0.821. The maximum atomic E-state index is 12.4. The molecule has 0 saturated heterocycles. The Balaban J connectivity index is 3.57. The highest BCUT2D eigenvalue weighted by Crippen LogP contribution is 2.15. The first-order chi connectivity index (χ1) is 30.5. The van der Waals surface area contributed by atoms with Crippen molar-refractivity contribution < 1.29 is 24.5 Å². The second-order valence-electron chi connectivity index (χ2n) is 18.2. The molecule has 0 aromatic rings. The SMILES string of the molecule is CCCCCC/C=C\C/C=C\CCCCCCCCCC(=O)OCCCC/C=C\CCCCCCC(=O)NC(CO)C(O)/C=C/CCCCCCCCCCCCCCCCC. The third-order valence-corrected chi connectivity index (χ3v) is 12.1. The van der Waals surface area contributed by atoms with Gasteiger partial charge in [0.25, 0.3) is 0 Å². The number of amides is 1. The minimum atomic E-state index is -0.868. The summed E-state index contributed by atoms with van der Waals surface area (Å²) in [5.74, 6) is -0.151. The van der Waals surface area contributed by atoms with Crippen LogP contribution in [0.3, 0.4) is 0 Å². The number of esters is 1. The molecule has 0 aliphatic rings. The number of hydrogen-bond donors (Lipinski definition) is 3. The number of hydrogen-bond acceptors (Lipinski definition) is 5. The Bertz CT molecular complexity index is 1050. The molecular weight excluding hydrogens is 767 g/mol. The zero-order valence-corrected chi connectivity index (χ0v) is 41.1. The lowest BCUT2D eigenvalue weighted by Gasteiger charge is -2.20. The zero-order valence-electron chi connectivity index (χ0n) is 41.1. The topological polar surface area (TPSA) is 95.9 Å². The van der Waals surface area contributed by atoms with Gasteiger partial charge >= 0.3 is 5.97 Å². The molecule has 0 fully saturated rings. The second-order valence-corrected chi connectivity index (χ2v) is 18.2. The van der Waals surface area contributed by atoms with E-state index >= 15 is 0 Å². The number of aliphatic hydroxyl groups excluding tert-OH is 2. The van der Waals surface area contributed by atoms with E-state index in [9.17, 15) is 19.8 Å². The maximum Gasteiger partial charge on any atom is 0.305 e. The molecule has 3 N–H and O–H groups in total. The fourth-order valence-electron chi connectivity index (χ4n) is 7.89. The van der Waals surface area contributed by atoms with Gasteiger partial charge in [0.1, 0.15) is 0 Å². The molecule has 0 aromatic carbocycles. The van der Waals surface area contributed by atoms with Crippen LogP contribution < -0.4 is 5.32 Å². The highest BCUT2D eigenvalue weighted by molar-refractivity contribution is 5.76. The van der Waals surface area contributed by atoms with Crippen molar-refractivity contribution >= 4 is 11.9 Å². The summed E-state index contributed by atoms with van der Waals surface area (Å²) < 4.78 is 5.44. The normalized spacial score (nSPS) is 13.0. The maximum absolute atomic E-state index is 12.4. The summed E-state index contributed by atoms with van der Waals surface area (Å²) in [4.78, 5) is 24.5. The van der Waals surface area contributed by atoms with Crippen LogP contribution in [-0.2, 0) is 14.3 Å². The number of carbonyl (C=O) groups is 2. The molecule has 62 heavy (non-hydrogen) atoms. The Morgan fingerprint density at radius 3 is 1.26 bits per heavy atom. The lowest BCUT2D eigenvalue weighted by molar-refractivity contribution is -0.143. The van der Waals surface area contributed by atoms with Gasteiger partial charge in [-0.05, 0) is 89.9 Å². The third-order valence-electron chi connectivity index (χ3n) is 12.1. The van der Waals surface area contributed by atoms with Gasteiger partial charge in [0, 0.05) is 12.8 Å². The molecule has 2 unspecified atom stereocenters. The lowest BCUT2D eigenvalue weighted by Crippen LogP contribution is -2.45. The van der Waals surface area contributed by atoms with Crippen LogP contribution in [0.4, 0.5) is 0 Å². The Morgan fingerprint density at radius 2 is 0.806 bits per heavy atom. The van der Waals surface area contributed by atoms with Crippen molar-refractivity contribution in [1.82, 2.24) is 5.32 Å². The van der Waals surface area contributed by atoms with Crippen molar-refractivity contribution in [3.63, 3.8) is 0 Å². The van der Waals surface area contributed by atoms with Crippen LogP contribution in [0.15, 0.2) is 48.6 Å². The number of aliphatic hydroxyl groups is 2. The summed E-state index contributed by atoms with van der Waals surface area (Å²) in [7, 11) is 0. The van der Waals surface area contributed by atoms with E-state index < -0.39 is 12.1 Å². The van der Waals surface area contributed by atoms with Crippen molar-refractivity contribution in [3.05, 3.63) is 48.6 Å². The van der Waals surface area contributed by atoms with Gasteiger partial charge < -0.3 is 20.3 Å². The summed E-state index contributed by atoms with van der Waals surface area (Å²) in [5, 5.41) is 23.1. The summed E-state index contributed by atoms with van der Waals surface area (Å²) in [5.41, 5.74) is 0. The molecule has 0 heterocycles. The number of rotatable bonds is 49. The smallest absolute Gasteiger partial charge is 0.305 e. The highest BCUT2D eigenvalue weighted by Gasteiger charge is 2.18. The first kappa shape index (κ1) is 59.8. The van der Waals surface area contributed by atoms with E-state index in [-0.39, 0.29) is 18.5 Å². The second kappa shape index (κ2) is 51.5. The van der Waals surface area contributed by atoms with Crippen LogP contribution in [-0.4, -0.2) is 47.4 Å². The van der Waals surface area contributed by atoms with E-state index in [1.54, 1.807) is 6.08 Å². The minimum absolute atomic E-state index is 0.0463. The van der Waals surface area contributed by atoms with Gasteiger partial charge in [-0.3, -0.25) is 9.59 Å². The molecule has 0 aliphatic heterocycles. The van der Waals surface area contributed by atoms with Crippen molar-refractivity contribution in [1.29, 1.82) is 0 Å². The van der Waals surface area contributed by atoms with Crippen molar-refractivity contribution in [2.45, 2.75) is 283 Å². The van der Waals surface area contributed by atoms with Gasteiger partial charge in [-0.1, -0.05) is 217 Å². The quantitative estimate of drug-likeness (QED) is 0.0322. The molecule has 362 valence electrons. The predicted octanol–water partition coefficient (Wildman–Crippen LogP) is 16.2. The van der Waals surface area contributed by atoms with Gasteiger partial charge in [0.05, 0.1) is 25.4 Å². The number of unbranched alkanes of at least 4 members (excludes halogenated alkanes) is 32. The fourth-order valence-corrected chi connectivity index (χ4v) is 7.89. The average Bonchev–Trinajstić information content (AvgIpc) is 3.27. The van der Waals surface area contributed by atoms with E-state index in [0.717, 1.165) is 83.5 Å². The Kier molecular flexibility index (Phi) is 49.6. The summed E-state index contributed by atoms with van der Waals surface area (Å²) in [6, 6.07) is -0.655. The van der Waals surface area contributed by atoms with E-state index in [1.165, 1.54) is 161 Å². The van der Waals surface area contributed by atoms with Crippen LogP contribution >= 0.6 is 0 Å². The van der Waals surface area contributed by atoms with Gasteiger partial charge in [-0.2, -0.15) is 0 Å². The first-order valence-corrected chi connectivity index (χ1v) is 26.9. The molecular formula is C56H103NO5. The van der Waals surface area contributed by atoms with E-state index in [4.69, 9.17) is 4.74 Å². The van der Waals surface area contributed by atoms with Crippen LogP contribution in [0, 0.1) is 0 Å². The summed E-state index contributed by atoms with van der Waals surface area (Å²) in [6.45, 7) is 4.79. The van der Waals surface area contributed by atoms with Crippen molar-refractivity contribution in [2.75, 3.05) is 13.2 Å². The third kappa shape index (κ3) is 47.3.